The molecular weight excluding hydrogens is 312 g/mol. The molecule has 0 spiro atoms. The molecule has 0 heterocycles. The SMILES string of the molecule is O=C(Cc1ccccc1)N/N=C/c1cccc(Oc2ccccc2)c1. The number of hydrogen-bond donors (Lipinski definition) is 1. The fourth-order valence-electron chi connectivity index (χ4n) is 2.28. The van der Waals surface area contributed by atoms with E-state index in [-0.39, 0.29) is 5.91 Å². The Bertz CT molecular complexity index is 846. The number of rotatable bonds is 6. The fraction of sp³-hybridized carbons (Fsp3) is 0.0476. The summed E-state index contributed by atoms with van der Waals surface area (Å²) in [5, 5.41) is 4.01. The zero-order valence-corrected chi connectivity index (χ0v) is 13.6. The molecule has 0 atom stereocenters. The number of nitrogens with zero attached hydrogens (tertiary/aromatic N) is 1. The van der Waals surface area contributed by atoms with Gasteiger partial charge in [-0.15, -0.1) is 0 Å². The van der Waals surface area contributed by atoms with Crippen LogP contribution < -0.4 is 10.2 Å². The summed E-state index contributed by atoms with van der Waals surface area (Å²) in [6.07, 6.45) is 1.90. The molecule has 4 nitrogen and oxygen atoms in total. The number of para-hydroxylation sites is 1. The molecule has 0 saturated carbocycles. The van der Waals surface area contributed by atoms with Crippen molar-refractivity contribution in [1.82, 2.24) is 5.43 Å². The van der Waals surface area contributed by atoms with Gasteiger partial charge in [-0.1, -0.05) is 60.7 Å². The molecule has 0 unspecified atom stereocenters. The van der Waals surface area contributed by atoms with Gasteiger partial charge in [-0.05, 0) is 35.4 Å². The maximum Gasteiger partial charge on any atom is 0.244 e. The molecule has 25 heavy (non-hydrogen) atoms. The number of hydrazone groups is 1. The van der Waals surface area contributed by atoms with Crippen LogP contribution in [0, 0.1) is 0 Å². The van der Waals surface area contributed by atoms with Crippen LogP contribution in [0.25, 0.3) is 0 Å². The summed E-state index contributed by atoms with van der Waals surface area (Å²) in [4.78, 5) is 11.9. The van der Waals surface area contributed by atoms with Crippen LogP contribution in [0.4, 0.5) is 0 Å². The van der Waals surface area contributed by atoms with E-state index in [1.54, 1.807) is 6.21 Å². The van der Waals surface area contributed by atoms with Crippen LogP contribution in [0.3, 0.4) is 0 Å². The molecular formula is C21H18N2O2. The Hall–Kier alpha value is -3.40. The molecule has 0 aliphatic rings. The summed E-state index contributed by atoms with van der Waals surface area (Å²) in [7, 11) is 0. The van der Waals surface area contributed by atoms with Gasteiger partial charge in [0.15, 0.2) is 0 Å². The van der Waals surface area contributed by atoms with Gasteiger partial charge in [-0.25, -0.2) is 5.43 Å². The Morgan fingerprint density at radius 3 is 2.32 bits per heavy atom. The molecule has 1 N–H and O–H groups in total. The zero-order valence-electron chi connectivity index (χ0n) is 13.6. The van der Waals surface area contributed by atoms with Crippen LogP contribution in [0.2, 0.25) is 0 Å². The van der Waals surface area contributed by atoms with Crippen molar-refractivity contribution in [2.24, 2.45) is 5.10 Å². The maximum absolute atomic E-state index is 11.9. The lowest BCUT2D eigenvalue weighted by atomic mass is 10.1. The molecule has 0 bridgehead atoms. The molecule has 0 fully saturated rings. The number of ether oxygens (including phenoxy) is 1. The predicted octanol–water partition coefficient (Wildman–Crippen LogP) is 4.17. The second-order valence-electron chi connectivity index (χ2n) is 5.44. The van der Waals surface area contributed by atoms with Crippen LogP contribution >= 0.6 is 0 Å². The molecule has 0 saturated heterocycles. The topological polar surface area (TPSA) is 50.7 Å². The van der Waals surface area contributed by atoms with Gasteiger partial charge < -0.3 is 4.74 Å². The average Bonchev–Trinajstić information content (AvgIpc) is 2.64. The largest absolute Gasteiger partial charge is 0.457 e. The minimum Gasteiger partial charge on any atom is -0.457 e. The van der Waals surface area contributed by atoms with Gasteiger partial charge in [0.05, 0.1) is 12.6 Å². The van der Waals surface area contributed by atoms with E-state index in [2.05, 4.69) is 10.5 Å². The van der Waals surface area contributed by atoms with Crippen molar-refractivity contribution >= 4 is 12.1 Å². The molecule has 1 amide bonds. The van der Waals surface area contributed by atoms with E-state index in [4.69, 9.17) is 4.74 Å². The highest BCUT2D eigenvalue weighted by molar-refractivity contribution is 5.83. The van der Waals surface area contributed by atoms with Crippen molar-refractivity contribution in [3.8, 4) is 11.5 Å². The zero-order chi connectivity index (χ0) is 17.3. The number of hydrogen-bond acceptors (Lipinski definition) is 3. The van der Waals surface area contributed by atoms with Crippen molar-refractivity contribution < 1.29 is 9.53 Å². The van der Waals surface area contributed by atoms with Gasteiger partial charge in [0, 0.05) is 0 Å². The van der Waals surface area contributed by atoms with Crippen molar-refractivity contribution in [2.75, 3.05) is 0 Å². The lowest BCUT2D eigenvalue weighted by Crippen LogP contribution is -2.19. The summed E-state index contributed by atoms with van der Waals surface area (Å²) in [6, 6.07) is 26.6. The highest BCUT2D eigenvalue weighted by Crippen LogP contribution is 2.21. The van der Waals surface area contributed by atoms with Gasteiger partial charge in [-0.2, -0.15) is 5.10 Å². The molecule has 3 rings (SSSR count). The first kappa shape index (κ1) is 16.5. The lowest BCUT2D eigenvalue weighted by Gasteiger charge is -2.05. The molecule has 0 radical (unpaired) electrons. The Kier molecular flexibility index (Phi) is 5.56. The second kappa shape index (κ2) is 8.45. The summed E-state index contributed by atoms with van der Waals surface area (Å²) in [6.45, 7) is 0. The lowest BCUT2D eigenvalue weighted by molar-refractivity contribution is -0.120. The molecule has 124 valence electrons. The average molecular weight is 330 g/mol. The van der Waals surface area contributed by atoms with Gasteiger partial charge in [-0.3, -0.25) is 4.79 Å². The van der Waals surface area contributed by atoms with E-state index in [1.165, 1.54) is 0 Å². The number of amides is 1. The standard InChI is InChI=1S/C21H18N2O2/c24-21(15-17-8-3-1-4-9-17)23-22-16-18-10-7-13-20(14-18)25-19-11-5-2-6-12-19/h1-14,16H,15H2,(H,23,24)/b22-16+. The van der Waals surface area contributed by atoms with Crippen molar-refractivity contribution in [3.63, 3.8) is 0 Å². The third-order valence-corrected chi connectivity index (χ3v) is 3.45. The van der Waals surface area contributed by atoms with Gasteiger partial charge in [0.2, 0.25) is 5.91 Å². The van der Waals surface area contributed by atoms with Crippen molar-refractivity contribution in [3.05, 3.63) is 96.1 Å². The summed E-state index contributed by atoms with van der Waals surface area (Å²) < 4.78 is 5.78. The van der Waals surface area contributed by atoms with Crippen LogP contribution in [-0.2, 0) is 11.2 Å². The molecule has 0 aliphatic heterocycles. The molecule has 0 aromatic heterocycles. The van der Waals surface area contributed by atoms with Crippen LogP contribution in [0.1, 0.15) is 11.1 Å². The quantitative estimate of drug-likeness (QED) is 0.545. The Morgan fingerprint density at radius 1 is 0.880 bits per heavy atom. The van der Waals surface area contributed by atoms with E-state index < -0.39 is 0 Å². The summed E-state index contributed by atoms with van der Waals surface area (Å²) in [5.41, 5.74) is 4.33. The highest BCUT2D eigenvalue weighted by Gasteiger charge is 2.01. The maximum atomic E-state index is 11.9. The first-order valence-electron chi connectivity index (χ1n) is 7.98. The molecule has 3 aromatic carbocycles. The number of nitrogens with one attached hydrogen (secondary N) is 1. The van der Waals surface area contributed by atoms with Gasteiger partial charge in [0.1, 0.15) is 11.5 Å². The van der Waals surface area contributed by atoms with E-state index in [9.17, 15) is 4.79 Å². The predicted molar refractivity (Wildman–Crippen MR) is 98.8 cm³/mol. The van der Waals surface area contributed by atoms with Crippen LogP contribution in [-0.4, -0.2) is 12.1 Å². The normalized spacial score (nSPS) is 10.6. The van der Waals surface area contributed by atoms with E-state index in [0.717, 1.165) is 16.9 Å². The van der Waals surface area contributed by atoms with Crippen LogP contribution in [0.15, 0.2) is 90.0 Å². The van der Waals surface area contributed by atoms with Gasteiger partial charge >= 0.3 is 0 Å². The van der Waals surface area contributed by atoms with Crippen LogP contribution in [0.5, 0.6) is 11.5 Å². The number of carbonyl (C=O) groups excluding carboxylic acids is 1. The van der Waals surface area contributed by atoms with E-state index >= 15 is 0 Å². The molecule has 0 aliphatic carbocycles. The fourth-order valence-corrected chi connectivity index (χ4v) is 2.28. The van der Waals surface area contributed by atoms with Gasteiger partial charge in [0.25, 0.3) is 0 Å². The van der Waals surface area contributed by atoms with Crippen molar-refractivity contribution in [1.29, 1.82) is 0 Å². The number of carbonyl (C=O) groups is 1. The Morgan fingerprint density at radius 2 is 1.56 bits per heavy atom. The minimum absolute atomic E-state index is 0.154. The first-order chi connectivity index (χ1) is 12.3. The van der Waals surface area contributed by atoms with E-state index in [1.807, 2.05) is 84.9 Å². The Balaban J connectivity index is 1.56. The van der Waals surface area contributed by atoms with E-state index in [0.29, 0.717) is 12.2 Å². The van der Waals surface area contributed by atoms with Crippen molar-refractivity contribution in [2.45, 2.75) is 6.42 Å². The first-order valence-corrected chi connectivity index (χ1v) is 7.98. The third-order valence-electron chi connectivity index (χ3n) is 3.45. The molecule has 4 heteroatoms. The number of benzene rings is 3. The smallest absolute Gasteiger partial charge is 0.244 e. The monoisotopic (exact) mass is 330 g/mol. The summed E-state index contributed by atoms with van der Waals surface area (Å²) in [5.74, 6) is 1.33. The summed E-state index contributed by atoms with van der Waals surface area (Å²) >= 11 is 0. The Labute approximate surface area is 146 Å². The highest BCUT2D eigenvalue weighted by atomic mass is 16.5. The third kappa shape index (κ3) is 5.32. The second-order valence-corrected chi connectivity index (χ2v) is 5.44. The minimum atomic E-state index is -0.154. The molecule has 3 aromatic rings.